The van der Waals surface area contributed by atoms with Crippen LogP contribution in [-0.2, 0) is 4.79 Å². The maximum atomic E-state index is 10.8. The zero-order valence-electron chi connectivity index (χ0n) is 7.20. The van der Waals surface area contributed by atoms with E-state index in [9.17, 15) is 4.79 Å². The number of benzene rings is 1. The standard InChI is InChI=1S/C10H9NOS/c1-7(12)11-10-6-8-4-2-3-5-9(8)13-10/h2-6H,1H3,(H,11,12). The Morgan fingerprint density at radius 3 is 2.85 bits per heavy atom. The predicted molar refractivity (Wildman–Crippen MR) is 56.1 cm³/mol. The lowest BCUT2D eigenvalue weighted by Gasteiger charge is -1.92. The summed E-state index contributed by atoms with van der Waals surface area (Å²) in [6.45, 7) is 1.52. The lowest BCUT2D eigenvalue weighted by atomic mass is 10.3. The first kappa shape index (κ1) is 8.26. The number of fused-ring (bicyclic) bond motifs is 1. The molecule has 0 aliphatic rings. The number of hydrogen-bond acceptors (Lipinski definition) is 2. The smallest absolute Gasteiger partial charge is 0.221 e. The summed E-state index contributed by atoms with van der Waals surface area (Å²) in [4.78, 5) is 10.8. The van der Waals surface area contributed by atoms with Crippen LogP contribution in [0.1, 0.15) is 6.92 Å². The third kappa shape index (κ3) is 1.70. The number of amides is 1. The molecule has 1 heterocycles. The molecule has 3 heteroatoms. The number of rotatable bonds is 1. The van der Waals surface area contributed by atoms with Crippen molar-refractivity contribution in [1.29, 1.82) is 0 Å². The molecule has 2 aromatic rings. The van der Waals surface area contributed by atoms with Gasteiger partial charge in [0.25, 0.3) is 0 Å². The third-order valence-electron chi connectivity index (χ3n) is 1.72. The normalized spacial score (nSPS) is 10.2. The van der Waals surface area contributed by atoms with Crippen molar-refractivity contribution in [3.63, 3.8) is 0 Å². The SMILES string of the molecule is CC(=O)Nc1cc2ccccc2s1. The van der Waals surface area contributed by atoms with Crippen molar-refractivity contribution in [3.05, 3.63) is 30.3 Å². The molecular formula is C10H9NOS. The summed E-state index contributed by atoms with van der Waals surface area (Å²) in [5.41, 5.74) is 0. The first-order valence-corrected chi connectivity index (χ1v) is 4.83. The Labute approximate surface area is 80.2 Å². The Morgan fingerprint density at radius 1 is 1.38 bits per heavy atom. The van der Waals surface area contributed by atoms with E-state index < -0.39 is 0 Å². The Kier molecular flexibility index (Phi) is 2.02. The van der Waals surface area contributed by atoms with Crippen molar-refractivity contribution < 1.29 is 4.79 Å². The van der Waals surface area contributed by atoms with E-state index in [4.69, 9.17) is 0 Å². The summed E-state index contributed by atoms with van der Waals surface area (Å²) in [6.07, 6.45) is 0. The summed E-state index contributed by atoms with van der Waals surface area (Å²) < 4.78 is 1.20. The minimum Gasteiger partial charge on any atom is -0.318 e. The summed E-state index contributed by atoms with van der Waals surface area (Å²) in [7, 11) is 0. The summed E-state index contributed by atoms with van der Waals surface area (Å²) >= 11 is 1.59. The van der Waals surface area contributed by atoms with Crippen LogP contribution in [0.25, 0.3) is 10.1 Å². The molecule has 1 aromatic heterocycles. The third-order valence-corrected chi connectivity index (χ3v) is 2.76. The van der Waals surface area contributed by atoms with E-state index in [1.807, 2.05) is 30.3 Å². The van der Waals surface area contributed by atoms with E-state index in [0.717, 1.165) is 5.00 Å². The molecule has 0 unspecified atom stereocenters. The van der Waals surface area contributed by atoms with Crippen molar-refractivity contribution >= 4 is 32.3 Å². The zero-order chi connectivity index (χ0) is 9.26. The van der Waals surface area contributed by atoms with Crippen LogP contribution >= 0.6 is 11.3 Å². The van der Waals surface area contributed by atoms with Crippen molar-refractivity contribution in [1.82, 2.24) is 0 Å². The van der Waals surface area contributed by atoms with Gasteiger partial charge in [-0.15, -0.1) is 11.3 Å². The Morgan fingerprint density at radius 2 is 2.15 bits per heavy atom. The molecule has 1 aromatic carbocycles. The van der Waals surface area contributed by atoms with Crippen LogP contribution < -0.4 is 5.32 Å². The van der Waals surface area contributed by atoms with Crippen LogP contribution in [0.3, 0.4) is 0 Å². The summed E-state index contributed by atoms with van der Waals surface area (Å²) in [5, 5.41) is 4.86. The topological polar surface area (TPSA) is 29.1 Å². The van der Waals surface area contributed by atoms with Crippen molar-refractivity contribution in [2.45, 2.75) is 6.92 Å². The van der Waals surface area contributed by atoms with Crippen LogP contribution in [-0.4, -0.2) is 5.91 Å². The van der Waals surface area contributed by atoms with Crippen LogP contribution in [0, 0.1) is 0 Å². The molecule has 2 nitrogen and oxygen atoms in total. The van der Waals surface area contributed by atoms with E-state index in [1.54, 1.807) is 11.3 Å². The average Bonchev–Trinajstić information content (AvgIpc) is 2.44. The predicted octanol–water partition coefficient (Wildman–Crippen LogP) is 2.86. The van der Waals surface area contributed by atoms with E-state index >= 15 is 0 Å². The van der Waals surface area contributed by atoms with Gasteiger partial charge in [-0.25, -0.2) is 0 Å². The van der Waals surface area contributed by atoms with Gasteiger partial charge in [-0.05, 0) is 17.5 Å². The zero-order valence-corrected chi connectivity index (χ0v) is 8.02. The van der Waals surface area contributed by atoms with Gasteiger partial charge in [0.2, 0.25) is 5.91 Å². The molecule has 0 atom stereocenters. The molecule has 13 heavy (non-hydrogen) atoms. The monoisotopic (exact) mass is 191 g/mol. The largest absolute Gasteiger partial charge is 0.318 e. The van der Waals surface area contributed by atoms with E-state index in [1.165, 1.54) is 17.0 Å². The molecule has 0 radical (unpaired) electrons. The highest BCUT2D eigenvalue weighted by molar-refractivity contribution is 7.22. The van der Waals surface area contributed by atoms with Gasteiger partial charge in [-0.2, -0.15) is 0 Å². The fraction of sp³-hybridized carbons (Fsp3) is 0.100. The lowest BCUT2D eigenvalue weighted by Crippen LogP contribution is -2.03. The van der Waals surface area contributed by atoms with E-state index in [-0.39, 0.29) is 5.91 Å². The van der Waals surface area contributed by atoms with Crippen LogP contribution in [0.2, 0.25) is 0 Å². The fourth-order valence-electron chi connectivity index (χ4n) is 1.22. The second-order valence-corrected chi connectivity index (χ2v) is 3.91. The second-order valence-electron chi connectivity index (χ2n) is 2.83. The number of carbonyl (C=O) groups excluding carboxylic acids is 1. The number of nitrogens with one attached hydrogen (secondary N) is 1. The van der Waals surface area contributed by atoms with Gasteiger partial charge in [0.15, 0.2) is 0 Å². The van der Waals surface area contributed by atoms with Crippen LogP contribution in [0.4, 0.5) is 5.00 Å². The maximum absolute atomic E-state index is 10.8. The van der Waals surface area contributed by atoms with Gasteiger partial charge >= 0.3 is 0 Å². The number of thiophene rings is 1. The maximum Gasteiger partial charge on any atom is 0.221 e. The summed E-state index contributed by atoms with van der Waals surface area (Å²) in [5.74, 6) is -0.0217. The molecule has 0 saturated carbocycles. The highest BCUT2D eigenvalue weighted by Crippen LogP contribution is 2.29. The minimum absolute atomic E-state index is 0.0217. The van der Waals surface area contributed by atoms with Gasteiger partial charge in [-0.3, -0.25) is 4.79 Å². The Bertz CT molecular complexity index is 414. The molecule has 66 valence electrons. The van der Waals surface area contributed by atoms with Crippen molar-refractivity contribution in [2.24, 2.45) is 0 Å². The molecule has 0 aliphatic heterocycles. The number of hydrogen-bond donors (Lipinski definition) is 1. The highest BCUT2D eigenvalue weighted by Gasteiger charge is 2.00. The lowest BCUT2D eigenvalue weighted by molar-refractivity contribution is -0.114. The average molecular weight is 191 g/mol. The highest BCUT2D eigenvalue weighted by atomic mass is 32.1. The first-order chi connectivity index (χ1) is 6.25. The van der Waals surface area contributed by atoms with Crippen LogP contribution in [0.5, 0.6) is 0 Å². The quantitative estimate of drug-likeness (QED) is 0.737. The van der Waals surface area contributed by atoms with Crippen molar-refractivity contribution in [3.8, 4) is 0 Å². The molecule has 0 aliphatic carbocycles. The number of anilines is 1. The van der Waals surface area contributed by atoms with Gasteiger partial charge in [0.1, 0.15) is 0 Å². The van der Waals surface area contributed by atoms with Gasteiger partial charge in [0, 0.05) is 11.6 Å². The van der Waals surface area contributed by atoms with Crippen molar-refractivity contribution in [2.75, 3.05) is 5.32 Å². The van der Waals surface area contributed by atoms with E-state index in [2.05, 4.69) is 5.32 Å². The Hall–Kier alpha value is -1.35. The molecule has 1 amide bonds. The molecule has 0 saturated heterocycles. The molecule has 0 bridgehead atoms. The Balaban J connectivity index is 2.44. The first-order valence-electron chi connectivity index (χ1n) is 4.02. The van der Waals surface area contributed by atoms with Crippen LogP contribution in [0.15, 0.2) is 30.3 Å². The van der Waals surface area contributed by atoms with E-state index in [0.29, 0.717) is 0 Å². The van der Waals surface area contributed by atoms with Gasteiger partial charge in [0.05, 0.1) is 5.00 Å². The molecular weight excluding hydrogens is 182 g/mol. The van der Waals surface area contributed by atoms with Gasteiger partial charge in [-0.1, -0.05) is 18.2 Å². The molecule has 2 rings (SSSR count). The molecule has 1 N–H and O–H groups in total. The minimum atomic E-state index is -0.0217. The second kappa shape index (κ2) is 3.18. The van der Waals surface area contributed by atoms with Gasteiger partial charge < -0.3 is 5.32 Å². The number of carbonyl (C=O) groups is 1. The molecule has 0 spiro atoms. The fourth-order valence-corrected chi connectivity index (χ4v) is 2.23. The summed E-state index contributed by atoms with van der Waals surface area (Å²) in [6, 6.07) is 10.1. The molecule has 0 fully saturated rings.